The Morgan fingerprint density at radius 1 is 1.22 bits per heavy atom. The Kier molecular flexibility index (Phi) is 2.76. The summed E-state index contributed by atoms with van der Waals surface area (Å²) in [5.41, 5.74) is -0.197. The van der Waals surface area contributed by atoms with E-state index in [4.69, 9.17) is 4.74 Å². The molecule has 18 heavy (non-hydrogen) atoms. The van der Waals surface area contributed by atoms with Crippen LogP contribution >= 0.6 is 0 Å². The van der Waals surface area contributed by atoms with Crippen LogP contribution in [0.15, 0.2) is 0 Å². The minimum Gasteiger partial charge on any atom is -0.459 e. The van der Waals surface area contributed by atoms with Gasteiger partial charge in [0.15, 0.2) is 0 Å². The van der Waals surface area contributed by atoms with Crippen LogP contribution in [0.3, 0.4) is 0 Å². The Labute approximate surface area is 110 Å². The van der Waals surface area contributed by atoms with Gasteiger partial charge in [0.1, 0.15) is 5.60 Å². The predicted octanol–water partition coefficient (Wildman–Crippen LogP) is 3.65. The van der Waals surface area contributed by atoms with Crippen molar-refractivity contribution < 1.29 is 9.53 Å². The van der Waals surface area contributed by atoms with Gasteiger partial charge in [-0.05, 0) is 56.3 Å². The molecule has 2 nitrogen and oxygen atoms in total. The van der Waals surface area contributed by atoms with Gasteiger partial charge < -0.3 is 4.74 Å². The highest BCUT2D eigenvalue weighted by Gasteiger charge is 2.60. The van der Waals surface area contributed by atoms with E-state index in [1.54, 1.807) is 0 Å². The molecule has 0 aromatic rings. The van der Waals surface area contributed by atoms with Crippen LogP contribution in [0.4, 0.5) is 0 Å². The lowest BCUT2D eigenvalue weighted by Gasteiger charge is -2.53. The van der Waals surface area contributed by atoms with Gasteiger partial charge in [-0.3, -0.25) is 4.79 Å². The smallest absolute Gasteiger partial charge is 0.308 e. The Morgan fingerprint density at radius 3 is 2.61 bits per heavy atom. The second-order valence-corrected chi connectivity index (χ2v) is 7.50. The van der Waals surface area contributed by atoms with E-state index in [2.05, 4.69) is 13.8 Å². The first-order valence-corrected chi connectivity index (χ1v) is 7.64. The first kappa shape index (κ1) is 12.5. The Morgan fingerprint density at radius 2 is 1.94 bits per heavy atom. The van der Waals surface area contributed by atoms with E-state index in [-0.39, 0.29) is 17.5 Å². The molecule has 3 saturated carbocycles. The molecule has 6 unspecified atom stereocenters. The fourth-order valence-electron chi connectivity index (χ4n) is 4.81. The maximum Gasteiger partial charge on any atom is 0.308 e. The lowest BCUT2D eigenvalue weighted by Crippen LogP contribution is -2.54. The number of ether oxygens (including phenoxy) is 1. The van der Waals surface area contributed by atoms with Crippen LogP contribution in [0.25, 0.3) is 0 Å². The van der Waals surface area contributed by atoms with E-state index in [0.717, 1.165) is 17.8 Å². The van der Waals surface area contributed by atoms with Crippen molar-refractivity contribution in [3.8, 4) is 0 Å². The van der Waals surface area contributed by atoms with Crippen molar-refractivity contribution in [2.24, 2.45) is 35.5 Å². The van der Waals surface area contributed by atoms with Crippen LogP contribution in [-0.2, 0) is 9.53 Å². The van der Waals surface area contributed by atoms with Crippen molar-refractivity contribution >= 4 is 5.97 Å². The van der Waals surface area contributed by atoms with Crippen LogP contribution < -0.4 is 0 Å². The summed E-state index contributed by atoms with van der Waals surface area (Å²) in [5.74, 6) is 3.83. The quantitative estimate of drug-likeness (QED) is 0.699. The minimum atomic E-state index is -0.197. The van der Waals surface area contributed by atoms with Crippen LogP contribution in [0.1, 0.15) is 53.4 Å². The first-order valence-electron chi connectivity index (χ1n) is 7.64. The van der Waals surface area contributed by atoms with Gasteiger partial charge in [0.2, 0.25) is 0 Å². The highest BCUT2D eigenvalue weighted by molar-refractivity contribution is 5.72. The SMILES string of the molecule is CC(C)C(=O)OC1(C)C(C)CC2CC3CC1C3C2. The maximum atomic E-state index is 12.0. The van der Waals surface area contributed by atoms with E-state index in [9.17, 15) is 4.79 Å². The zero-order valence-electron chi connectivity index (χ0n) is 12.1. The number of rotatable bonds is 2. The zero-order chi connectivity index (χ0) is 13.1. The van der Waals surface area contributed by atoms with E-state index < -0.39 is 0 Å². The second kappa shape index (κ2) is 3.98. The standard InChI is InChI=1S/C16H26O2/c1-9(2)15(17)18-16(4)10(3)5-11-6-12-8-14(16)13(12)7-11/h9-14H,5-8H2,1-4H3. The molecular weight excluding hydrogens is 224 g/mol. The molecule has 0 radical (unpaired) electrons. The van der Waals surface area contributed by atoms with Crippen molar-refractivity contribution in [3.05, 3.63) is 0 Å². The summed E-state index contributed by atoms with van der Waals surface area (Å²) in [6, 6.07) is 0. The molecule has 0 spiro atoms. The lowest BCUT2D eigenvalue weighted by molar-refractivity contribution is -0.191. The molecule has 0 N–H and O–H groups in total. The third-order valence-electron chi connectivity index (χ3n) is 6.11. The molecule has 3 aliphatic carbocycles. The molecule has 0 amide bonds. The van der Waals surface area contributed by atoms with E-state index in [1.807, 2.05) is 13.8 Å². The van der Waals surface area contributed by atoms with E-state index in [1.165, 1.54) is 25.7 Å². The number of hydrogen-bond acceptors (Lipinski definition) is 2. The summed E-state index contributed by atoms with van der Waals surface area (Å²) >= 11 is 0. The van der Waals surface area contributed by atoms with E-state index in [0.29, 0.717) is 11.8 Å². The normalized spacial score (nSPS) is 49.7. The molecule has 0 aromatic carbocycles. The molecule has 3 fully saturated rings. The van der Waals surface area contributed by atoms with Crippen molar-refractivity contribution in [2.45, 2.75) is 59.0 Å². The average Bonchev–Trinajstić information content (AvgIpc) is 2.52. The summed E-state index contributed by atoms with van der Waals surface area (Å²) < 4.78 is 6.00. The summed E-state index contributed by atoms with van der Waals surface area (Å²) in [5, 5.41) is 0. The summed E-state index contributed by atoms with van der Waals surface area (Å²) in [6.45, 7) is 8.37. The number of carbonyl (C=O) groups is 1. The Balaban J connectivity index is 1.83. The van der Waals surface area contributed by atoms with Crippen molar-refractivity contribution in [3.63, 3.8) is 0 Å². The molecule has 3 aliphatic rings. The highest BCUT2D eigenvalue weighted by atomic mass is 16.6. The number of hydrogen-bond donors (Lipinski definition) is 0. The summed E-state index contributed by atoms with van der Waals surface area (Å²) in [7, 11) is 0. The van der Waals surface area contributed by atoms with Crippen LogP contribution in [0.5, 0.6) is 0 Å². The monoisotopic (exact) mass is 250 g/mol. The molecule has 0 aliphatic heterocycles. The lowest BCUT2D eigenvalue weighted by atomic mass is 9.57. The molecule has 6 atom stereocenters. The average molecular weight is 250 g/mol. The number of fused-ring (bicyclic) bond motifs is 1. The summed E-state index contributed by atoms with van der Waals surface area (Å²) in [4.78, 5) is 12.0. The van der Waals surface area contributed by atoms with Gasteiger partial charge in [-0.1, -0.05) is 20.8 Å². The molecule has 2 heteroatoms. The van der Waals surface area contributed by atoms with E-state index >= 15 is 0 Å². The van der Waals surface area contributed by atoms with Gasteiger partial charge in [-0.2, -0.15) is 0 Å². The Hall–Kier alpha value is -0.530. The molecule has 2 bridgehead atoms. The molecular formula is C16H26O2. The third kappa shape index (κ3) is 1.64. The van der Waals surface area contributed by atoms with Crippen molar-refractivity contribution in [1.29, 1.82) is 0 Å². The van der Waals surface area contributed by atoms with Crippen LogP contribution in [0.2, 0.25) is 0 Å². The predicted molar refractivity (Wildman–Crippen MR) is 70.9 cm³/mol. The molecule has 0 aromatic heterocycles. The number of carbonyl (C=O) groups excluding carboxylic acids is 1. The fourth-order valence-corrected chi connectivity index (χ4v) is 4.81. The molecule has 3 rings (SSSR count). The first-order chi connectivity index (χ1) is 8.41. The van der Waals surface area contributed by atoms with Crippen LogP contribution in [-0.4, -0.2) is 11.6 Å². The molecule has 0 heterocycles. The summed E-state index contributed by atoms with van der Waals surface area (Å²) in [6.07, 6.45) is 5.40. The van der Waals surface area contributed by atoms with Gasteiger partial charge in [0.25, 0.3) is 0 Å². The van der Waals surface area contributed by atoms with Gasteiger partial charge >= 0.3 is 5.97 Å². The van der Waals surface area contributed by atoms with Crippen LogP contribution in [0, 0.1) is 35.5 Å². The van der Waals surface area contributed by atoms with Gasteiger partial charge in [-0.25, -0.2) is 0 Å². The Bertz CT molecular complexity index is 362. The molecule has 0 saturated heterocycles. The van der Waals surface area contributed by atoms with Gasteiger partial charge in [-0.15, -0.1) is 0 Å². The second-order valence-electron chi connectivity index (χ2n) is 7.50. The fraction of sp³-hybridized carbons (Fsp3) is 0.938. The minimum absolute atomic E-state index is 0.00873. The highest BCUT2D eigenvalue weighted by Crippen LogP contribution is 2.63. The third-order valence-corrected chi connectivity index (χ3v) is 6.11. The zero-order valence-corrected chi connectivity index (χ0v) is 12.1. The maximum absolute atomic E-state index is 12.0. The topological polar surface area (TPSA) is 26.3 Å². The molecule has 102 valence electrons. The number of esters is 1. The van der Waals surface area contributed by atoms with Gasteiger partial charge in [0, 0.05) is 5.92 Å². The van der Waals surface area contributed by atoms with Gasteiger partial charge in [0.05, 0.1) is 5.92 Å². The van der Waals surface area contributed by atoms with Crippen molar-refractivity contribution in [2.75, 3.05) is 0 Å². The van der Waals surface area contributed by atoms with Crippen molar-refractivity contribution in [1.82, 2.24) is 0 Å². The largest absolute Gasteiger partial charge is 0.459 e.